The molecule has 0 amide bonds. The van der Waals surface area contributed by atoms with E-state index < -0.39 is 5.41 Å². The number of carbonyl (C=O) groups excluding carboxylic acids is 1. The third kappa shape index (κ3) is 3.54. The summed E-state index contributed by atoms with van der Waals surface area (Å²) >= 11 is 0. The monoisotopic (exact) mass is 320 g/mol. The summed E-state index contributed by atoms with van der Waals surface area (Å²) in [5, 5.41) is 0. The van der Waals surface area contributed by atoms with E-state index in [9.17, 15) is 4.79 Å². The Balaban J connectivity index is 2.49. The number of carbonyl (C=O) groups is 1. The second kappa shape index (κ2) is 8.15. The Morgan fingerprint density at radius 3 is 2.54 bits per heavy atom. The highest BCUT2D eigenvalue weighted by Crippen LogP contribution is 2.52. The molecule has 1 aromatic carbocycles. The summed E-state index contributed by atoms with van der Waals surface area (Å²) < 4.78 is 0. The van der Waals surface area contributed by atoms with Crippen LogP contribution in [0, 0.1) is 23.2 Å². The van der Waals surface area contributed by atoms with Gasteiger partial charge in [0.15, 0.2) is 5.78 Å². The molecule has 1 nitrogen and oxygen atoms in total. The molecule has 0 saturated heterocycles. The van der Waals surface area contributed by atoms with Crippen LogP contribution in [0.15, 0.2) is 48.6 Å². The first kappa shape index (κ1) is 18.3. The van der Waals surface area contributed by atoms with Crippen molar-refractivity contribution in [1.29, 1.82) is 0 Å². The average molecular weight is 320 g/mol. The van der Waals surface area contributed by atoms with Gasteiger partial charge in [-0.2, -0.15) is 0 Å². The Morgan fingerprint density at radius 1 is 1.25 bits per heavy atom. The van der Waals surface area contributed by atoms with Gasteiger partial charge in [-0.1, -0.05) is 69.5 Å². The van der Waals surface area contributed by atoms with E-state index in [0.717, 1.165) is 36.8 Å². The number of hydrogen-bond donors (Lipinski definition) is 0. The molecule has 1 unspecified atom stereocenters. The molecule has 0 bridgehead atoms. The van der Waals surface area contributed by atoms with Gasteiger partial charge in [0, 0.05) is 12.0 Å². The summed E-state index contributed by atoms with van der Waals surface area (Å²) in [7, 11) is 0. The van der Waals surface area contributed by atoms with E-state index in [1.165, 1.54) is 5.57 Å². The maximum absolute atomic E-state index is 13.1. The number of hydrogen-bond acceptors (Lipinski definition) is 1. The Kier molecular flexibility index (Phi) is 6.21. The highest BCUT2D eigenvalue weighted by molar-refractivity contribution is 6.33. The van der Waals surface area contributed by atoms with Gasteiger partial charge in [0.25, 0.3) is 0 Å². The lowest BCUT2D eigenvalue weighted by Crippen LogP contribution is -2.43. The maximum atomic E-state index is 13.1. The maximum Gasteiger partial charge on any atom is 0.185 e. The molecule has 1 aromatic rings. The number of ketones is 1. The summed E-state index contributed by atoms with van der Waals surface area (Å²) in [5.41, 5.74) is 2.48. The number of benzene rings is 1. The summed E-state index contributed by atoms with van der Waals surface area (Å²) in [6, 6.07) is 10.0. The Hall–Kier alpha value is -2.07. The smallest absolute Gasteiger partial charge is 0.185 e. The zero-order valence-corrected chi connectivity index (χ0v) is 15.2. The zero-order valence-electron chi connectivity index (χ0n) is 15.2. The quantitative estimate of drug-likeness (QED) is 0.351. The number of allylic oxidation sites excluding steroid dienone is 3. The van der Waals surface area contributed by atoms with Gasteiger partial charge in [0.05, 0.1) is 0 Å². The minimum atomic E-state index is -0.634. The molecular weight excluding hydrogens is 292 g/mol. The van der Waals surface area contributed by atoms with Crippen molar-refractivity contribution in [3.8, 4) is 11.8 Å². The molecule has 0 aromatic heterocycles. The molecular formula is C23H28O. The van der Waals surface area contributed by atoms with E-state index in [-0.39, 0.29) is 5.78 Å². The Bertz CT molecular complexity index is 682. The summed E-state index contributed by atoms with van der Waals surface area (Å²) in [6.45, 7) is 10.4. The molecule has 0 radical (unpaired) electrons. The first-order chi connectivity index (χ1) is 11.6. The molecule has 1 aliphatic rings. The lowest BCUT2D eigenvalue weighted by Gasteiger charge is -2.41. The molecule has 0 N–H and O–H groups in total. The van der Waals surface area contributed by atoms with Crippen LogP contribution < -0.4 is 0 Å². The van der Waals surface area contributed by atoms with Gasteiger partial charge in [-0.25, -0.2) is 0 Å². The molecule has 0 aliphatic heterocycles. The topological polar surface area (TPSA) is 17.1 Å². The van der Waals surface area contributed by atoms with Crippen molar-refractivity contribution in [3.05, 3.63) is 54.1 Å². The third-order valence-electron chi connectivity index (χ3n) is 4.51. The largest absolute Gasteiger partial charge is 0.292 e. The van der Waals surface area contributed by atoms with Crippen LogP contribution in [0.1, 0.15) is 58.4 Å². The van der Waals surface area contributed by atoms with Crippen molar-refractivity contribution in [2.75, 3.05) is 0 Å². The SMILES string of the molecule is C=CCC1(C#CCCCC)C(=O)C(c2ccccc2)=C1CC(C)C. The van der Waals surface area contributed by atoms with Gasteiger partial charge in [-0.15, -0.1) is 12.5 Å². The molecule has 1 aliphatic carbocycles. The summed E-state index contributed by atoms with van der Waals surface area (Å²) in [4.78, 5) is 13.1. The minimum absolute atomic E-state index is 0.174. The van der Waals surface area contributed by atoms with Gasteiger partial charge >= 0.3 is 0 Å². The highest BCUT2D eigenvalue weighted by Gasteiger charge is 2.51. The fourth-order valence-corrected chi connectivity index (χ4v) is 3.33. The molecule has 1 atom stereocenters. The number of Topliss-reactive ketones (excluding diaryl/α,β-unsaturated/α-hetero) is 1. The van der Waals surface area contributed by atoms with Crippen molar-refractivity contribution in [3.63, 3.8) is 0 Å². The van der Waals surface area contributed by atoms with Crippen molar-refractivity contribution < 1.29 is 4.79 Å². The van der Waals surface area contributed by atoms with Crippen LogP contribution >= 0.6 is 0 Å². The fourth-order valence-electron chi connectivity index (χ4n) is 3.33. The van der Waals surface area contributed by atoms with E-state index in [1.54, 1.807) is 0 Å². The number of unbranched alkanes of at least 4 members (excludes halogenated alkanes) is 2. The van der Waals surface area contributed by atoms with Gasteiger partial charge in [0.2, 0.25) is 0 Å². The van der Waals surface area contributed by atoms with Crippen LogP contribution in [0.25, 0.3) is 5.57 Å². The molecule has 0 heterocycles. The molecule has 0 spiro atoms. The third-order valence-corrected chi connectivity index (χ3v) is 4.51. The van der Waals surface area contributed by atoms with Crippen LogP contribution in [0.5, 0.6) is 0 Å². The lowest BCUT2D eigenvalue weighted by molar-refractivity contribution is -0.120. The van der Waals surface area contributed by atoms with Gasteiger partial charge in [0.1, 0.15) is 5.41 Å². The van der Waals surface area contributed by atoms with Crippen molar-refractivity contribution in [2.45, 2.75) is 52.9 Å². The van der Waals surface area contributed by atoms with Crippen molar-refractivity contribution in [2.24, 2.45) is 11.3 Å². The molecule has 1 heteroatoms. The van der Waals surface area contributed by atoms with Crippen molar-refractivity contribution in [1.82, 2.24) is 0 Å². The van der Waals surface area contributed by atoms with Crippen molar-refractivity contribution >= 4 is 11.4 Å². The minimum Gasteiger partial charge on any atom is -0.292 e. The predicted octanol–water partition coefficient (Wildman–Crippen LogP) is 5.83. The van der Waals surface area contributed by atoms with Crippen LogP contribution in [-0.4, -0.2) is 5.78 Å². The van der Waals surface area contributed by atoms with E-state index in [1.807, 2.05) is 36.4 Å². The van der Waals surface area contributed by atoms with E-state index in [0.29, 0.717) is 12.3 Å². The molecule has 0 fully saturated rings. The van der Waals surface area contributed by atoms with E-state index >= 15 is 0 Å². The van der Waals surface area contributed by atoms with Crippen LogP contribution in [-0.2, 0) is 4.79 Å². The zero-order chi connectivity index (χ0) is 17.6. The van der Waals surface area contributed by atoms with E-state index in [2.05, 4.69) is 39.2 Å². The number of rotatable bonds is 7. The second-order valence-electron chi connectivity index (χ2n) is 6.95. The molecule has 126 valence electrons. The molecule has 0 saturated carbocycles. The molecule has 2 rings (SSSR count). The predicted molar refractivity (Wildman–Crippen MR) is 102 cm³/mol. The van der Waals surface area contributed by atoms with Crippen LogP contribution in [0.4, 0.5) is 0 Å². The normalized spacial score (nSPS) is 19.8. The molecule has 24 heavy (non-hydrogen) atoms. The Morgan fingerprint density at radius 2 is 1.96 bits per heavy atom. The lowest BCUT2D eigenvalue weighted by atomic mass is 9.58. The first-order valence-corrected chi connectivity index (χ1v) is 9.01. The van der Waals surface area contributed by atoms with Gasteiger partial charge in [-0.05, 0) is 36.3 Å². The highest BCUT2D eigenvalue weighted by atomic mass is 16.1. The second-order valence-corrected chi connectivity index (χ2v) is 6.95. The van der Waals surface area contributed by atoms with Gasteiger partial charge in [-0.3, -0.25) is 4.79 Å². The van der Waals surface area contributed by atoms with E-state index in [4.69, 9.17) is 0 Å². The average Bonchev–Trinajstić information content (AvgIpc) is 2.58. The summed E-state index contributed by atoms with van der Waals surface area (Å²) in [5.74, 6) is 7.28. The summed E-state index contributed by atoms with van der Waals surface area (Å²) in [6.07, 6.45) is 6.43. The fraction of sp³-hybridized carbons (Fsp3) is 0.435. The standard InChI is InChI=1S/C23H28O/c1-5-7-8-12-16-23(15-6-2)20(17-18(3)4)21(22(23)24)19-13-10-9-11-14-19/h6,9-11,13-14,18H,2,5,7-8,15,17H2,1,3-4H3. The van der Waals surface area contributed by atoms with Gasteiger partial charge < -0.3 is 0 Å². The Labute approximate surface area is 146 Å². The first-order valence-electron chi connectivity index (χ1n) is 9.01. The van der Waals surface area contributed by atoms with Crippen LogP contribution in [0.2, 0.25) is 0 Å². The van der Waals surface area contributed by atoms with Crippen LogP contribution in [0.3, 0.4) is 0 Å².